The Labute approximate surface area is 113 Å². The molecule has 0 saturated carbocycles. The maximum absolute atomic E-state index is 6.08. The Bertz CT molecular complexity index is 509. The van der Waals surface area contributed by atoms with Crippen molar-refractivity contribution in [3.05, 3.63) is 42.4 Å². The van der Waals surface area contributed by atoms with Gasteiger partial charge in [-0.25, -0.2) is 0 Å². The topological polar surface area (TPSA) is 60.4 Å². The third kappa shape index (κ3) is 3.44. The molecule has 0 spiro atoms. The molecule has 0 aliphatic rings. The van der Waals surface area contributed by atoms with E-state index in [1.807, 2.05) is 37.3 Å². The fourth-order valence-corrected chi connectivity index (χ4v) is 2.00. The number of benzene rings is 1. The lowest BCUT2D eigenvalue weighted by Crippen LogP contribution is -2.18. The van der Waals surface area contributed by atoms with Crippen LogP contribution >= 0.6 is 0 Å². The predicted molar refractivity (Wildman–Crippen MR) is 77.5 cm³/mol. The number of nitrogen functional groups attached to an aromatic ring is 1. The number of hydrogen-bond donors (Lipinski definition) is 2. The van der Waals surface area contributed by atoms with Crippen LogP contribution < -0.4 is 15.8 Å². The highest BCUT2D eigenvalue weighted by Crippen LogP contribution is 2.30. The molecule has 1 aromatic heterocycles. The molecule has 1 aromatic carbocycles. The predicted octanol–water partition coefficient (Wildman–Crippen LogP) is 3.30. The van der Waals surface area contributed by atoms with Gasteiger partial charge in [0, 0.05) is 12.5 Å². The zero-order valence-electron chi connectivity index (χ0n) is 11.3. The second-order valence-corrected chi connectivity index (χ2v) is 4.48. The highest BCUT2D eigenvalue weighted by Gasteiger charge is 2.10. The molecule has 0 bridgehead atoms. The van der Waals surface area contributed by atoms with E-state index in [0.29, 0.717) is 12.3 Å². The zero-order chi connectivity index (χ0) is 13.7. The van der Waals surface area contributed by atoms with Gasteiger partial charge in [-0.2, -0.15) is 0 Å². The van der Waals surface area contributed by atoms with E-state index in [9.17, 15) is 0 Å². The number of hydrogen-bond acceptors (Lipinski definition) is 4. The van der Waals surface area contributed by atoms with Crippen molar-refractivity contribution in [2.24, 2.45) is 0 Å². The molecular weight excluding hydrogens is 240 g/mol. The number of para-hydroxylation sites is 1. The van der Waals surface area contributed by atoms with Gasteiger partial charge in [-0.05, 0) is 38.1 Å². The molecular formula is C15H20N2O2. The summed E-state index contributed by atoms with van der Waals surface area (Å²) in [5.74, 6) is 1.68. The van der Waals surface area contributed by atoms with Crippen molar-refractivity contribution in [3.8, 4) is 5.75 Å². The summed E-state index contributed by atoms with van der Waals surface area (Å²) in [5, 5.41) is 3.38. The normalized spacial score (nSPS) is 12.1. The fourth-order valence-electron chi connectivity index (χ4n) is 2.00. The van der Waals surface area contributed by atoms with Crippen LogP contribution in [-0.2, 0) is 6.42 Å². The average Bonchev–Trinajstić information content (AvgIpc) is 2.87. The monoisotopic (exact) mass is 260 g/mol. The van der Waals surface area contributed by atoms with Gasteiger partial charge < -0.3 is 20.2 Å². The smallest absolute Gasteiger partial charge is 0.144 e. The Balaban J connectivity index is 2.04. The van der Waals surface area contributed by atoms with E-state index < -0.39 is 0 Å². The fraction of sp³-hybridized carbons (Fsp3) is 0.333. The van der Waals surface area contributed by atoms with Crippen molar-refractivity contribution < 1.29 is 9.15 Å². The van der Waals surface area contributed by atoms with Crippen LogP contribution in [-0.4, -0.2) is 12.6 Å². The summed E-state index contributed by atoms with van der Waals surface area (Å²) in [6.07, 6.45) is 2.50. The van der Waals surface area contributed by atoms with E-state index >= 15 is 0 Å². The van der Waals surface area contributed by atoms with Crippen molar-refractivity contribution >= 4 is 11.4 Å². The summed E-state index contributed by atoms with van der Waals surface area (Å²) in [7, 11) is 0. The second-order valence-electron chi connectivity index (χ2n) is 4.48. The Morgan fingerprint density at radius 2 is 2.16 bits per heavy atom. The standard InChI is InChI=1S/C15H20N2O2/c1-3-18-14-8-4-7-13(15(14)16)17-11(2)10-12-6-5-9-19-12/h4-9,11,17H,3,10,16H2,1-2H3. The lowest BCUT2D eigenvalue weighted by atomic mass is 10.1. The van der Waals surface area contributed by atoms with E-state index in [1.54, 1.807) is 6.26 Å². The van der Waals surface area contributed by atoms with Crippen LogP contribution in [0.5, 0.6) is 5.75 Å². The van der Waals surface area contributed by atoms with Gasteiger partial charge in [-0.1, -0.05) is 6.07 Å². The van der Waals surface area contributed by atoms with Crippen LogP contribution in [0, 0.1) is 0 Å². The third-order valence-corrected chi connectivity index (χ3v) is 2.86. The van der Waals surface area contributed by atoms with Gasteiger partial charge in [0.2, 0.25) is 0 Å². The van der Waals surface area contributed by atoms with Crippen molar-refractivity contribution in [3.63, 3.8) is 0 Å². The summed E-state index contributed by atoms with van der Waals surface area (Å²) >= 11 is 0. The van der Waals surface area contributed by atoms with Crippen molar-refractivity contribution in [2.45, 2.75) is 26.3 Å². The van der Waals surface area contributed by atoms with E-state index in [1.165, 1.54) is 0 Å². The van der Waals surface area contributed by atoms with Gasteiger partial charge in [0.25, 0.3) is 0 Å². The second kappa shape index (κ2) is 6.18. The minimum atomic E-state index is 0.227. The van der Waals surface area contributed by atoms with Gasteiger partial charge in [-0.15, -0.1) is 0 Å². The van der Waals surface area contributed by atoms with E-state index in [4.69, 9.17) is 14.9 Å². The van der Waals surface area contributed by atoms with Crippen molar-refractivity contribution in [2.75, 3.05) is 17.7 Å². The Kier molecular flexibility index (Phi) is 4.34. The molecule has 0 radical (unpaired) electrons. The van der Waals surface area contributed by atoms with Crippen LogP contribution in [0.1, 0.15) is 19.6 Å². The highest BCUT2D eigenvalue weighted by molar-refractivity contribution is 5.73. The molecule has 0 aliphatic carbocycles. The largest absolute Gasteiger partial charge is 0.492 e. The maximum atomic E-state index is 6.08. The molecule has 4 heteroatoms. The van der Waals surface area contributed by atoms with Crippen LogP contribution in [0.2, 0.25) is 0 Å². The molecule has 4 nitrogen and oxygen atoms in total. The number of ether oxygens (including phenoxy) is 1. The van der Waals surface area contributed by atoms with Crippen LogP contribution in [0.25, 0.3) is 0 Å². The molecule has 1 heterocycles. The summed E-state index contributed by atoms with van der Waals surface area (Å²) in [6.45, 7) is 4.64. The first-order valence-corrected chi connectivity index (χ1v) is 6.51. The highest BCUT2D eigenvalue weighted by atomic mass is 16.5. The maximum Gasteiger partial charge on any atom is 0.144 e. The molecule has 0 aliphatic heterocycles. The average molecular weight is 260 g/mol. The Hall–Kier alpha value is -2.10. The van der Waals surface area contributed by atoms with Crippen LogP contribution in [0.4, 0.5) is 11.4 Å². The van der Waals surface area contributed by atoms with Gasteiger partial charge in [0.15, 0.2) is 0 Å². The Morgan fingerprint density at radius 3 is 2.84 bits per heavy atom. The first-order valence-electron chi connectivity index (χ1n) is 6.51. The van der Waals surface area contributed by atoms with Crippen LogP contribution in [0.15, 0.2) is 41.0 Å². The van der Waals surface area contributed by atoms with Gasteiger partial charge in [0.05, 0.1) is 24.2 Å². The first-order chi connectivity index (χ1) is 9.20. The number of nitrogens with two attached hydrogens (primary N) is 1. The van der Waals surface area contributed by atoms with E-state index in [2.05, 4.69) is 12.2 Å². The lowest BCUT2D eigenvalue weighted by Gasteiger charge is -2.17. The number of anilines is 2. The molecule has 0 saturated heterocycles. The van der Waals surface area contributed by atoms with Gasteiger partial charge in [0.1, 0.15) is 11.5 Å². The summed E-state index contributed by atoms with van der Waals surface area (Å²) in [6, 6.07) is 9.86. The summed E-state index contributed by atoms with van der Waals surface area (Å²) < 4.78 is 10.8. The Morgan fingerprint density at radius 1 is 1.32 bits per heavy atom. The third-order valence-electron chi connectivity index (χ3n) is 2.86. The SMILES string of the molecule is CCOc1cccc(NC(C)Cc2ccco2)c1N. The molecule has 1 unspecified atom stereocenters. The van der Waals surface area contributed by atoms with Gasteiger partial charge >= 0.3 is 0 Å². The zero-order valence-corrected chi connectivity index (χ0v) is 11.3. The lowest BCUT2D eigenvalue weighted by molar-refractivity contribution is 0.342. The minimum absolute atomic E-state index is 0.227. The van der Waals surface area contributed by atoms with E-state index in [-0.39, 0.29) is 6.04 Å². The van der Waals surface area contributed by atoms with Crippen LogP contribution in [0.3, 0.4) is 0 Å². The number of rotatable bonds is 6. The first kappa shape index (κ1) is 13.3. The molecule has 3 N–H and O–H groups in total. The van der Waals surface area contributed by atoms with Gasteiger partial charge in [-0.3, -0.25) is 0 Å². The van der Waals surface area contributed by atoms with E-state index in [0.717, 1.165) is 23.6 Å². The number of furan rings is 1. The molecule has 19 heavy (non-hydrogen) atoms. The van der Waals surface area contributed by atoms with Crippen molar-refractivity contribution in [1.29, 1.82) is 0 Å². The summed E-state index contributed by atoms with van der Waals surface area (Å²) in [5.41, 5.74) is 7.62. The minimum Gasteiger partial charge on any atom is -0.492 e. The number of nitrogens with one attached hydrogen (secondary N) is 1. The molecule has 1 atom stereocenters. The molecule has 0 amide bonds. The summed E-state index contributed by atoms with van der Waals surface area (Å²) in [4.78, 5) is 0. The molecule has 2 aromatic rings. The molecule has 0 fully saturated rings. The molecule has 2 rings (SSSR count). The van der Waals surface area contributed by atoms with Crippen molar-refractivity contribution in [1.82, 2.24) is 0 Å². The quantitative estimate of drug-likeness (QED) is 0.782. The molecule has 102 valence electrons.